The summed E-state index contributed by atoms with van der Waals surface area (Å²) in [6.45, 7) is 2.15. The third kappa shape index (κ3) is 5.19. The number of sulfonamides is 1. The van der Waals surface area contributed by atoms with E-state index in [2.05, 4.69) is 10.6 Å². The Morgan fingerprint density at radius 3 is 2.35 bits per heavy atom. The van der Waals surface area contributed by atoms with Gasteiger partial charge in [-0.25, -0.2) is 13.2 Å². The number of nitrogens with one attached hydrogen (secondary N) is 2. The molecule has 2 fully saturated rings. The molecule has 2 saturated heterocycles. The monoisotopic (exact) mass is 528 g/mol. The molecule has 2 heterocycles. The Kier molecular flexibility index (Phi) is 7.84. The molecule has 2 N–H and O–H groups in total. The van der Waals surface area contributed by atoms with Gasteiger partial charge in [-0.3, -0.25) is 14.5 Å². The molecule has 2 aliphatic heterocycles. The molecule has 1 atom stereocenters. The molecule has 4 amide bonds. The van der Waals surface area contributed by atoms with E-state index in [-0.39, 0.29) is 16.3 Å². The number of hydrogen-bond acceptors (Lipinski definition) is 6. The highest BCUT2D eigenvalue weighted by Crippen LogP contribution is 2.33. The second-order valence-electron chi connectivity index (χ2n) is 9.17. The highest BCUT2D eigenvalue weighted by atomic mass is 32.2. The summed E-state index contributed by atoms with van der Waals surface area (Å²) in [4.78, 5) is 39.9. The number of carbonyl (C=O) groups excluding carboxylic acids is 3. The number of carbonyl (C=O) groups is 3. The number of ether oxygens (including phenoxy) is 1. The van der Waals surface area contributed by atoms with Crippen molar-refractivity contribution in [3.63, 3.8) is 0 Å². The number of hydrogen-bond donors (Lipinski definition) is 2. The van der Waals surface area contributed by atoms with E-state index in [0.717, 1.165) is 30.6 Å². The van der Waals surface area contributed by atoms with Crippen molar-refractivity contribution in [1.29, 1.82) is 0 Å². The molecule has 2 aromatic rings. The van der Waals surface area contributed by atoms with Gasteiger partial charge in [0.2, 0.25) is 15.9 Å². The van der Waals surface area contributed by atoms with E-state index in [1.807, 2.05) is 6.07 Å². The van der Waals surface area contributed by atoms with Crippen molar-refractivity contribution in [2.45, 2.75) is 49.5 Å². The first-order valence-electron chi connectivity index (χ1n) is 12.4. The zero-order valence-corrected chi connectivity index (χ0v) is 21.8. The fourth-order valence-corrected chi connectivity index (χ4v) is 6.39. The van der Waals surface area contributed by atoms with E-state index in [1.54, 1.807) is 31.2 Å². The van der Waals surface area contributed by atoms with Gasteiger partial charge in [0.15, 0.2) is 0 Å². The Morgan fingerprint density at radius 1 is 1.05 bits per heavy atom. The fraction of sp³-hybridized carbons (Fsp3) is 0.423. The largest absolute Gasteiger partial charge is 0.495 e. The maximum Gasteiger partial charge on any atom is 0.325 e. The minimum Gasteiger partial charge on any atom is -0.495 e. The number of methoxy groups -OCH3 is 1. The summed E-state index contributed by atoms with van der Waals surface area (Å²) in [6, 6.07) is 12.5. The highest BCUT2D eigenvalue weighted by molar-refractivity contribution is 7.89. The molecular formula is C26H32N4O6S. The Bertz CT molecular complexity index is 1280. The molecule has 4 rings (SSSR count). The molecule has 0 saturated carbocycles. The molecule has 0 aromatic heterocycles. The number of urea groups is 1. The van der Waals surface area contributed by atoms with Crippen LogP contribution in [0.5, 0.6) is 5.75 Å². The zero-order chi connectivity index (χ0) is 26.6. The highest BCUT2D eigenvalue weighted by Gasteiger charge is 2.51. The van der Waals surface area contributed by atoms with Crippen LogP contribution in [0.2, 0.25) is 0 Å². The Balaban J connectivity index is 1.54. The number of amides is 4. The van der Waals surface area contributed by atoms with Gasteiger partial charge in [0.1, 0.15) is 17.8 Å². The number of nitrogens with zero attached hydrogens (tertiary/aromatic N) is 2. The Morgan fingerprint density at radius 2 is 1.73 bits per heavy atom. The third-order valence-electron chi connectivity index (χ3n) is 6.92. The van der Waals surface area contributed by atoms with Crippen LogP contribution >= 0.6 is 0 Å². The molecule has 10 nitrogen and oxygen atoms in total. The van der Waals surface area contributed by atoms with Crippen molar-refractivity contribution in [2.75, 3.05) is 32.1 Å². The molecular weight excluding hydrogens is 496 g/mol. The van der Waals surface area contributed by atoms with Crippen molar-refractivity contribution in [3.8, 4) is 5.75 Å². The molecule has 2 aromatic carbocycles. The van der Waals surface area contributed by atoms with E-state index in [0.29, 0.717) is 25.1 Å². The first kappa shape index (κ1) is 26.6. The summed E-state index contributed by atoms with van der Waals surface area (Å²) in [5, 5.41) is 5.36. The lowest BCUT2D eigenvalue weighted by Gasteiger charge is -2.25. The van der Waals surface area contributed by atoms with Gasteiger partial charge in [-0.15, -0.1) is 0 Å². The average molecular weight is 529 g/mol. The van der Waals surface area contributed by atoms with Crippen LogP contribution in [0.25, 0.3) is 0 Å². The lowest BCUT2D eigenvalue weighted by atomic mass is 9.87. The molecule has 0 unspecified atom stereocenters. The van der Waals surface area contributed by atoms with Crippen molar-refractivity contribution in [3.05, 3.63) is 54.1 Å². The average Bonchev–Trinajstić information content (AvgIpc) is 3.08. The molecule has 37 heavy (non-hydrogen) atoms. The van der Waals surface area contributed by atoms with Gasteiger partial charge in [-0.05, 0) is 43.0 Å². The molecule has 198 valence electrons. The summed E-state index contributed by atoms with van der Waals surface area (Å²) in [6.07, 6.45) is 3.88. The summed E-state index contributed by atoms with van der Waals surface area (Å²) in [7, 11) is -2.36. The first-order chi connectivity index (χ1) is 17.7. The minimum absolute atomic E-state index is 0.0366. The van der Waals surface area contributed by atoms with Gasteiger partial charge in [0, 0.05) is 13.1 Å². The van der Waals surface area contributed by atoms with Gasteiger partial charge in [-0.2, -0.15) is 4.31 Å². The number of benzene rings is 2. The van der Waals surface area contributed by atoms with Crippen LogP contribution in [-0.4, -0.2) is 62.2 Å². The molecule has 0 aliphatic carbocycles. The van der Waals surface area contributed by atoms with Gasteiger partial charge in [-0.1, -0.05) is 50.1 Å². The second-order valence-corrected chi connectivity index (χ2v) is 11.1. The van der Waals surface area contributed by atoms with Crippen LogP contribution in [0.4, 0.5) is 10.5 Å². The maximum absolute atomic E-state index is 13.3. The summed E-state index contributed by atoms with van der Waals surface area (Å²) < 4.78 is 33.3. The second kappa shape index (κ2) is 10.9. The van der Waals surface area contributed by atoms with Gasteiger partial charge in [0.25, 0.3) is 5.91 Å². The summed E-state index contributed by atoms with van der Waals surface area (Å²) in [5.41, 5.74) is -0.482. The fourth-order valence-electron chi connectivity index (χ4n) is 4.84. The van der Waals surface area contributed by atoms with Crippen LogP contribution in [0.3, 0.4) is 0 Å². The van der Waals surface area contributed by atoms with Gasteiger partial charge >= 0.3 is 6.03 Å². The first-order valence-corrected chi connectivity index (χ1v) is 13.8. The van der Waals surface area contributed by atoms with E-state index in [1.165, 1.54) is 29.6 Å². The predicted octanol–water partition coefficient (Wildman–Crippen LogP) is 3.06. The van der Waals surface area contributed by atoms with Crippen LogP contribution in [0, 0.1) is 0 Å². The quantitative estimate of drug-likeness (QED) is 0.508. The van der Waals surface area contributed by atoms with E-state index < -0.39 is 40.0 Å². The van der Waals surface area contributed by atoms with Gasteiger partial charge in [0.05, 0.1) is 17.7 Å². The molecule has 0 radical (unpaired) electrons. The maximum atomic E-state index is 13.3. The smallest absolute Gasteiger partial charge is 0.325 e. The molecule has 0 spiro atoms. The lowest BCUT2D eigenvalue weighted by Crippen LogP contribution is -2.44. The van der Waals surface area contributed by atoms with Crippen molar-refractivity contribution >= 4 is 33.6 Å². The lowest BCUT2D eigenvalue weighted by molar-refractivity contribution is -0.134. The normalized spacial score (nSPS) is 20.9. The van der Waals surface area contributed by atoms with Crippen LogP contribution < -0.4 is 15.4 Å². The number of imide groups is 1. The van der Waals surface area contributed by atoms with E-state index >= 15 is 0 Å². The van der Waals surface area contributed by atoms with Crippen molar-refractivity contribution in [2.24, 2.45) is 0 Å². The standard InChI is InChI=1S/C26H32N4O6S/c1-3-26(19-11-7-6-8-12-19)24(32)30(25(33)28-26)18-23(31)27-21-17-20(13-14-22(21)36-2)37(34,35)29-15-9-4-5-10-16-29/h6-8,11-14,17H,3-5,9-10,15-16,18H2,1-2H3,(H,27,31)(H,28,33)/t26-/m0/s1. The Hall–Kier alpha value is -3.44. The van der Waals surface area contributed by atoms with E-state index in [4.69, 9.17) is 4.74 Å². The van der Waals surface area contributed by atoms with Crippen molar-refractivity contribution < 1.29 is 27.5 Å². The predicted molar refractivity (Wildman–Crippen MR) is 138 cm³/mol. The topological polar surface area (TPSA) is 125 Å². The van der Waals surface area contributed by atoms with E-state index in [9.17, 15) is 22.8 Å². The van der Waals surface area contributed by atoms with Crippen LogP contribution in [-0.2, 0) is 25.2 Å². The van der Waals surface area contributed by atoms with Gasteiger partial charge < -0.3 is 15.4 Å². The van der Waals surface area contributed by atoms with Crippen LogP contribution in [0.15, 0.2) is 53.4 Å². The SMILES string of the molecule is CC[C@@]1(c2ccccc2)NC(=O)N(CC(=O)Nc2cc(S(=O)(=O)N3CCCCCC3)ccc2OC)C1=O. The third-order valence-corrected chi connectivity index (χ3v) is 8.82. The summed E-state index contributed by atoms with van der Waals surface area (Å²) >= 11 is 0. The zero-order valence-electron chi connectivity index (χ0n) is 21.0. The molecule has 11 heteroatoms. The number of rotatable bonds is 8. The van der Waals surface area contributed by atoms with Crippen molar-refractivity contribution in [1.82, 2.24) is 14.5 Å². The minimum atomic E-state index is -3.76. The van der Waals surface area contributed by atoms with Crippen LogP contribution in [0.1, 0.15) is 44.6 Å². The Labute approximate surface area is 217 Å². The number of anilines is 1. The molecule has 2 aliphatic rings. The summed E-state index contributed by atoms with van der Waals surface area (Å²) in [5.74, 6) is -0.926. The molecule has 0 bridgehead atoms.